The lowest BCUT2D eigenvalue weighted by molar-refractivity contribution is 0.0948. The molecule has 1 atom stereocenters. The number of rotatable bonds is 6. The normalized spacial score (nSPS) is 14.6. The minimum atomic E-state index is -0.177. The minimum Gasteiger partial charge on any atom is -0.497 e. The second-order valence-corrected chi connectivity index (χ2v) is 7.83. The molecule has 6 heteroatoms. The number of ether oxygens (including phenoxy) is 2. The molecule has 3 aromatic carbocycles. The Morgan fingerprint density at radius 1 is 0.938 bits per heavy atom. The van der Waals surface area contributed by atoms with Crippen molar-refractivity contribution >= 4 is 17.5 Å². The molecule has 0 aliphatic carbocycles. The molecule has 2 amide bonds. The Labute approximate surface area is 187 Å². The van der Waals surface area contributed by atoms with Crippen molar-refractivity contribution in [1.29, 1.82) is 0 Å². The number of anilines is 1. The van der Waals surface area contributed by atoms with Crippen molar-refractivity contribution in [2.45, 2.75) is 25.9 Å². The highest BCUT2D eigenvalue weighted by molar-refractivity contribution is 6.07. The van der Waals surface area contributed by atoms with E-state index in [1.54, 1.807) is 62.8 Å². The number of hydrogen-bond acceptors (Lipinski definition) is 4. The van der Waals surface area contributed by atoms with Gasteiger partial charge in [0.25, 0.3) is 11.8 Å². The average Bonchev–Trinajstić information content (AvgIpc) is 3.17. The first-order valence-corrected chi connectivity index (χ1v) is 10.5. The number of nitrogens with one attached hydrogen (secondary N) is 1. The SMILES string of the molecule is COc1ccc(C(=O)N2c3cc(CNC(=O)c4cccc(OC)c4)ccc3C[C@@H]2C)cc1. The number of fused-ring (bicyclic) bond motifs is 1. The van der Waals surface area contributed by atoms with Gasteiger partial charge in [-0.05, 0) is 73.0 Å². The zero-order valence-electron chi connectivity index (χ0n) is 18.4. The molecule has 164 valence electrons. The maximum Gasteiger partial charge on any atom is 0.258 e. The van der Waals surface area contributed by atoms with Gasteiger partial charge in [-0.3, -0.25) is 9.59 Å². The van der Waals surface area contributed by atoms with Gasteiger partial charge in [-0.2, -0.15) is 0 Å². The van der Waals surface area contributed by atoms with E-state index < -0.39 is 0 Å². The number of amides is 2. The molecule has 32 heavy (non-hydrogen) atoms. The minimum absolute atomic E-state index is 0.0449. The topological polar surface area (TPSA) is 67.9 Å². The Kier molecular flexibility index (Phi) is 6.12. The molecule has 6 nitrogen and oxygen atoms in total. The van der Waals surface area contributed by atoms with Gasteiger partial charge in [0.1, 0.15) is 11.5 Å². The summed E-state index contributed by atoms with van der Waals surface area (Å²) in [6.45, 7) is 2.41. The number of benzene rings is 3. The van der Waals surface area contributed by atoms with Gasteiger partial charge in [0.15, 0.2) is 0 Å². The van der Waals surface area contributed by atoms with E-state index in [-0.39, 0.29) is 17.9 Å². The molecule has 0 fully saturated rings. The first-order chi connectivity index (χ1) is 15.5. The van der Waals surface area contributed by atoms with Crippen molar-refractivity contribution in [3.63, 3.8) is 0 Å². The molecule has 4 rings (SSSR count). The number of nitrogens with zero attached hydrogens (tertiary/aromatic N) is 1. The van der Waals surface area contributed by atoms with Crippen molar-refractivity contribution in [2.24, 2.45) is 0 Å². The van der Waals surface area contributed by atoms with Crippen molar-refractivity contribution < 1.29 is 19.1 Å². The lowest BCUT2D eigenvalue weighted by atomic mass is 10.1. The second kappa shape index (κ2) is 9.14. The molecule has 1 aliphatic rings. The van der Waals surface area contributed by atoms with E-state index in [9.17, 15) is 9.59 Å². The van der Waals surface area contributed by atoms with Gasteiger partial charge >= 0.3 is 0 Å². The fourth-order valence-corrected chi connectivity index (χ4v) is 3.99. The maximum absolute atomic E-state index is 13.2. The molecule has 1 aliphatic heterocycles. The Morgan fingerprint density at radius 2 is 1.69 bits per heavy atom. The summed E-state index contributed by atoms with van der Waals surface area (Å²) in [6, 6.07) is 20.3. The van der Waals surface area contributed by atoms with Gasteiger partial charge in [0.2, 0.25) is 0 Å². The van der Waals surface area contributed by atoms with Crippen molar-refractivity contribution in [3.05, 3.63) is 89.0 Å². The van der Waals surface area contributed by atoms with Gasteiger partial charge in [0.05, 0.1) is 14.2 Å². The summed E-state index contributed by atoms with van der Waals surface area (Å²) >= 11 is 0. The van der Waals surface area contributed by atoms with Crippen LogP contribution in [0.3, 0.4) is 0 Å². The maximum atomic E-state index is 13.2. The predicted octanol–water partition coefficient (Wildman–Crippen LogP) is 4.23. The Balaban J connectivity index is 1.51. The van der Waals surface area contributed by atoms with E-state index in [4.69, 9.17) is 9.47 Å². The van der Waals surface area contributed by atoms with E-state index in [2.05, 4.69) is 5.32 Å². The summed E-state index contributed by atoms with van der Waals surface area (Å²) in [4.78, 5) is 27.6. The summed E-state index contributed by atoms with van der Waals surface area (Å²) in [5.74, 6) is 1.13. The summed E-state index contributed by atoms with van der Waals surface area (Å²) in [6.07, 6.45) is 0.799. The van der Waals surface area contributed by atoms with Crippen LogP contribution in [0.5, 0.6) is 11.5 Å². The molecule has 0 bridgehead atoms. The lowest BCUT2D eigenvalue weighted by Crippen LogP contribution is -2.35. The summed E-state index contributed by atoms with van der Waals surface area (Å²) in [7, 11) is 3.17. The summed E-state index contributed by atoms with van der Waals surface area (Å²) in [5.41, 5.74) is 4.10. The van der Waals surface area contributed by atoms with Crippen molar-refractivity contribution in [3.8, 4) is 11.5 Å². The Bertz CT molecular complexity index is 1140. The van der Waals surface area contributed by atoms with Crippen molar-refractivity contribution in [1.82, 2.24) is 5.32 Å². The number of methoxy groups -OCH3 is 2. The van der Waals surface area contributed by atoms with Gasteiger partial charge in [0, 0.05) is 29.4 Å². The lowest BCUT2D eigenvalue weighted by Gasteiger charge is -2.23. The molecular formula is C26H26N2O4. The Hall–Kier alpha value is -3.80. The standard InChI is InChI=1S/C26H26N2O4/c1-17-13-20-8-7-18(16-27-25(29)21-5-4-6-23(15-21)32-3)14-24(20)28(17)26(30)19-9-11-22(31-2)12-10-19/h4-12,14-15,17H,13,16H2,1-3H3,(H,27,29)/t17-/m0/s1. The third-order valence-corrected chi connectivity index (χ3v) is 5.71. The average molecular weight is 431 g/mol. The highest BCUT2D eigenvalue weighted by Crippen LogP contribution is 2.34. The van der Waals surface area contributed by atoms with E-state index in [0.29, 0.717) is 29.2 Å². The highest BCUT2D eigenvalue weighted by Gasteiger charge is 2.31. The van der Waals surface area contributed by atoms with Crippen LogP contribution in [0.2, 0.25) is 0 Å². The molecule has 0 saturated carbocycles. The van der Waals surface area contributed by atoms with Crippen LogP contribution in [0.15, 0.2) is 66.7 Å². The van der Waals surface area contributed by atoms with Crippen LogP contribution in [0.25, 0.3) is 0 Å². The number of hydrogen-bond donors (Lipinski definition) is 1. The molecule has 0 saturated heterocycles. The zero-order chi connectivity index (χ0) is 22.7. The third-order valence-electron chi connectivity index (χ3n) is 5.71. The van der Waals surface area contributed by atoms with Crippen LogP contribution in [0, 0.1) is 0 Å². The van der Waals surface area contributed by atoms with E-state index in [0.717, 1.165) is 23.2 Å². The predicted molar refractivity (Wildman–Crippen MR) is 124 cm³/mol. The van der Waals surface area contributed by atoms with Crippen LogP contribution < -0.4 is 19.7 Å². The van der Waals surface area contributed by atoms with E-state index in [1.165, 1.54) is 0 Å². The van der Waals surface area contributed by atoms with Crippen LogP contribution in [0.1, 0.15) is 38.8 Å². The summed E-state index contributed by atoms with van der Waals surface area (Å²) < 4.78 is 10.4. The van der Waals surface area contributed by atoms with Crippen LogP contribution in [-0.2, 0) is 13.0 Å². The molecule has 1 heterocycles. The largest absolute Gasteiger partial charge is 0.497 e. The van der Waals surface area contributed by atoms with Gasteiger partial charge < -0.3 is 19.7 Å². The smallest absolute Gasteiger partial charge is 0.258 e. The first-order valence-electron chi connectivity index (χ1n) is 10.5. The molecular weight excluding hydrogens is 404 g/mol. The summed E-state index contributed by atoms with van der Waals surface area (Å²) in [5, 5.41) is 2.95. The molecule has 3 aromatic rings. The van der Waals surface area contributed by atoms with E-state index >= 15 is 0 Å². The second-order valence-electron chi connectivity index (χ2n) is 7.83. The van der Waals surface area contributed by atoms with Crippen LogP contribution in [0.4, 0.5) is 5.69 Å². The fraction of sp³-hybridized carbons (Fsp3) is 0.231. The molecule has 0 unspecified atom stereocenters. The van der Waals surface area contributed by atoms with Gasteiger partial charge in [-0.25, -0.2) is 0 Å². The molecule has 0 radical (unpaired) electrons. The molecule has 0 spiro atoms. The quantitative estimate of drug-likeness (QED) is 0.636. The van der Waals surface area contributed by atoms with Gasteiger partial charge in [-0.15, -0.1) is 0 Å². The van der Waals surface area contributed by atoms with E-state index in [1.807, 2.05) is 30.0 Å². The number of carbonyl (C=O) groups is 2. The Morgan fingerprint density at radius 3 is 2.41 bits per heavy atom. The first kappa shape index (κ1) is 21.4. The number of carbonyl (C=O) groups excluding carboxylic acids is 2. The van der Waals surface area contributed by atoms with Crippen LogP contribution in [-0.4, -0.2) is 32.1 Å². The zero-order valence-corrected chi connectivity index (χ0v) is 18.4. The highest BCUT2D eigenvalue weighted by atomic mass is 16.5. The third kappa shape index (κ3) is 4.30. The van der Waals surface area contributed by atoms with Gasteiger partial charge in [-0.1, -0.05) is 18.2 Å². The fourth-order valence-electron chi connectivity index (χ4n) is 3.99. The monoisotopic (exact) mass is 430 g/mol. The molecule has 0 aromatic heterocycles. The molecule has 1 N–H and O–H groups in total. The van der Waals surface area contributed by atoms with Crippen molar-refractivity contribution in [2.75, 3.05) is 19.1 Å². The van der Waals surface area contributed by atoms with Crippen LogP contribution >= 0.6 is 0 Å².